The van der Waals surface area contributed by atoms with Gasteiger partial charge < -0.3 is 5.11 Å². The van der Waals surface area contributed by atoms with Crippen LogP contribution in [0.5, 0.6) is 0 Å². The van der Waals surface area contributed by atoms with Gasteiger partial charge in [-0.15, -0.1) is 0 Å². The van der Waals surface area contributed by atoms with Crippen molar-refractivity contribution in [2.45, 2.75) is 19.8 Å². The summed E-state index contributed by atoms with van der Waals surface area (Å²) >= 11 is 5.84. The van der Waals surface area contributed by atoms with Gasteiger partial charge in [-0.05, 0) is 36.5 Å². The van der Waals surface area contributed by atoms with Crippen molar-refractivity contribution in [2.75, 3.05) is 6.61 Å². The van der Waals surface area contributed by atoms with Crippen LogP contribution in [-0.2, 0) is 6.42 Å². The van der Waals surface area contributed by atoms with E-state index in [4.69, 9.17) is 16.7 Å². The molecule has 1 aromatic carbocycles. The van der Waals surface area contributed by atoms with E-state index in [0.717, 1.165) is 17.9 Å². The summed E-state index contributed by atoms with van der Waals surface area (Å²) < 4.78 is 0. The van der Waals surface area contributed by atoms with Crippen molar-refractivity contribution >= 4 is 11.6 Å². The third kappa shape index (κ3) is 3.79. The Morgan fingerprint density at radius 3 is 2.85 bits per heavy atom. The quantitative estimate of drug-likeness (QED) is 0.789. The Morgan fingerprint density at radius 1 is 1.46 bits per heavy atom. The van der Waals surface area contributed by atoms with Crippen molar-refractivity contribution in [2.24, 2.45) is 5.92 Å². The van der Waals surface area contributed by atoms with Gasteiger partial charge in [-0.2, -0.15) is 0 Å². The minimum atomic E-state index is 0.264. The van der Waals surface area contributed by atoms with Crippen LogP contribution in [0.25, 0.3) is 0 Å². The average molecular weight is 199 g/mol. The largest absolute Gasteiger partial charge is 0.396 e. The van der Waals surface area contributed by atoms with Crippen molar-refractivity contribution in [3.05, 3.63) is 34.9 Å². The maximum Gasteiger partial charge on any atom is 0.0456 e. The van der Waals surface area contributed by atoms with E-state index in [1.54, 1.807) is 0 Å². The SMILES string of the molecule is CC(CO)CCc1cccc(Cl)c1. The van der Waals surface area contributed by atoms with Gasteiger partial charge in [0.2, 0.25) is 0 Å². The molecule has 72 valence electrons. The molecule has 1 N–H and O–H groups in total. The lowest BCUT2D eigenvalue weighted by molar-refractivity contribution is 0.230. The summed E-state index contributed by atoms with van der Waals surface area (Å²) in [5, 5.41) is 9.63. The van der Waals surface area contributed by atoms with Crippen LogP contribution in [0.3, 0.4) is 0 Å². The molecule has 0 aromatic heterocycles. The van der Waals surface area contributed by atoms with Crippen molar-refractivity contribution in [3.8, 4) is 0 Å². The number of aliphatic hydroxyl groups is 1. The number of rotatable bonds is 4. The molecule has 1 nitrogen and oxygen atoms in total. The molecule has 0 aliphatic heterocycles. The molecule has 0 fully saturated rings. The first-order valence-corrected chi connectivity index (χ1v) is 4.95. The van der Waals surface area contributed by atoms with E-state index in [-0.39, 0.29) is 6.61 Å². The van der Waals surface area contributed by atoms with E-state index in [9.17, 15) is 0 Å². The average Bonchev–Trinajstić information content (AvgIpc) is 2.14. The van der Waals surface area contributed by atoms with Crippen LogP contribution in [0.2, 0.25) is 5.02 Å². The van der Waals surface area contributed by atoms with Crippen LogP contribution in [-0.4, -0.2) is 11.7 Å². The second kappa shape index (κ2) is 5.25. The van der Waals surface area contributed by atoms with Crippen LogP contribution >= 0.6 is 11.6 Å². The molecule has 2 heteroatoms. The Bertz CT molecular complexity index is 260. The molecule has 0 bridgehead atoms. The predicted octanol–water partition coefficient (Wildman–Crippen LogP) is 2.90. The lowest BCUT2D eigenvalue weighted by atomic mass is 10.0. The molecule has 0 spiro atoms. The monoisotopic (exact) mass is 198 g/mol. The molecule has 1 unspecified atom stereocenters. The smallest absolute Gasteiger partial charge is 0.0456 e. The number of aliphatic hydroxyl groups excluding tert-OH is 1. The van der Waals surface area contributed by atoms with Gasteiger partial charge in [0.1, 0.15) is 0 Å². The highest BCUT2D eigenvalue weighted by Gasteiger charge is 2.00. The first-order chi connectivity index (χ1) is 6.22. The summed E-state index contributed by atoms with van der Waals surface area (Å²) in [4.78, 5) is 0. The summed E-state index contributed by atoms with van der Waals surface area (Å²) in [6, 6.07) is 7.88. The summed E-state index contributed by atoms with van der Waals surface area (Å²) in [5.74, 6) is 0.374. The Kier molecular flexibility index (Phi) is 4.26. The highest BCUT2D eigenvalue weighted by atomic mass is 35.5. The van der Waals surface area contributed by atoms with E-state index in [0.29, 0.717) is 5.92 Å². The Balaban J connectivity index is 2.45. The molecule has 1 atom stereocenters. The van der Waals surface area contributed by atoms with E-state index in [1.807, 2.05) is 25.1 Å². The van der Waals surface area contributed by atoms with Gasteiger partial charge in [-0.3, -0.25) is 0 Å². The normalized spacial score (nSPS) is 12.8. The molecule has 0 radical (unpaired) electrons. The van der Waals surface area contributed by atoms with E-state index in [2.05, 4.69) is 6.07 Å². The number of hydrogen-bond acceptors (Lipinski definition) is 1. The van der Waals surface area contributed by atoms with E-state index >= 15 is 0 Å². The molecule has 1 rings (SSSR count). The maximum absolute atomic E-state index is 8.84. The Hall–Kier alpha value is -0.530. The Morgan fingerprint density at radius 2 is 2.23 bits per heavy atom. The molecule has 0 heterocycles. The summed E-state index contributed by atoms with van der Waals surface area (Å²) in [6.45, 7) is 2.31. The zero-order valence-corrected chi connectivity index (χ0v) is 8.59. The van der Waals surface area contributed by atoms with Gasteiger partial charge in [0.05, 0.1) is 0 Å². The molecule has 1 aromatic rings. The minimum absolute atomic E-state index is 0.264. The highest BCUT2D eigenvalue weighted by Crippen LogP contribution is 2.14. The first-order valence-electron chi connectivity index (χ1n) is 4.57. The van der Waals surface area contributed by atoms with E-state index < -0.39 is 0 Å². The van der Waals surface area contributed by atoms with Crippen molar-refractivity contribution < 1.29 is 5.11 Å². The molecule has 0 saturated heterocycles. The third-order valence-electron chi connectivity index (χ3n) is 2.13. The zero-order chi connectivity index (χ0) is 9.68. The van der Waals surface area contributed by atoms with Gasteiger partial charge in [0.15, 0.2) is 0 Å². The van der Waals surface area contributed by atoms with Gasteiger partial charge in [0.25, 0.3) is 0 Å². The second-order valence-corrected chi connectivity index (χ2v) is 3.89. The molecule has 0 aliphatic carbocycles. The molecule has 0 aliphatic rings. The van der Waals surface area contributed by atoms with Crippen molar-refractivity contribution in [1.29, 1.82) is 0 Å². The molecule has 0 amide bonds. The minimum Gasteiger partial charge on any atom is -0.396 e. The van der Waals surface area contributed by atoms with Gasteiger partial charge in [-0.1, -0.05) is 30.7 Å². The summed E-state index contributed by atoms with van der Waals surface area (Å²) in [7, 11) is 0. The summed E-state index contributed by atoms with van der Waals surface area (Å²) in [6.07, 6.45) is 2.00. The lowest BCUT2D eigenvalue weighted by Crippen LogP contribution is -2.01. The number of hydrogen-bond donors (Lipinski definition) is 1. The van der Waals surface area contributed by atoms with Crippen molar-refractivity contribution in [3.63, 3.8) is 0 Å². The van der Waals surface area contributed by atoms with Crippen LogP contribution in [0.15, 0.2) is 24.3 Å². The molecule has 0 saturated carbocycles. The Labute approximate surface area is 84.4 Å². The van der Waals surface area contributed by atoms with Gasteiger partial charge in [-0.25, -0.2) is 0 Å². The topological polar surface area (TPSA) is 20.2 Å². The molecule has 13 heavy (non-hydrogen) atoms. The number of aryl methyl sites for hydroxylation is 1. The molecular weight excluding hydrogens is 184 g/mol. The van der Waals surface area contributed by atoms with Gasteiger partial charge >= 0.3 is 0 Å². The van der Waals surface area contributed by atoms with Gasteiger partial charge in [0, 0.05) is 11.6 Å². The number of benzene rings is 1. The lowest BCUT2D eigenvalue weighted by Gasteiger charge is -2.07. The van der Waals surface area contributed by atoms with Crippen LogP contribution < -0.4 is 0 Å². The number of halogens is 1. The maximum atomic E-state index is 8.84. The van der Waals surface area contributed by atoms with Crippen LogP contribution in [0, 0.1) is 5.92 Å². The van der Waals surface area contributed by atoms with E-state index in [1.165, 1.54) is 5.56 Å². The fraction of sp³-hybridized carbons (Fsp3) is 0.455. The summed E-state index contributed by atoms with van der Waals surface area (Å²) in [5.41, 5.74) is 1.24. The van der Waals surface area contributed by atoms with Crippen LogP contribution in [0.4, 0.5) is 0 Å². The predicted molar refractivity (Wildman–Crippen MR) is 56.0 cm³/mol. The first kappa shape index (κ1) is 10.6. The second-order valence-electron chi connectivity index (χ2n) is 3.46. The highest BCUT2D eigenvalue weighted by molar-refractivity contribution is 6.30. The standard InChI is InChI=1S/C11H15ClO/c1-9(8-13)5-6-10-3-2-4-11(12)7-10/h2-4,7,9,13H,5-6,8H2,1H3. The zero-order valence-electron chi connectivity index (χ0n) is 7.83. The molecular formula is C11H15ClO. The third-order valence-corrected chi connectivity index (χ3v) is 2.36. The van der Waals surface area contributed by atoms with Crippen molar-refractivity contribution in [1.82, 2.24) is 0 Å². The fourth-order valence-corrected chi connectivity index (χ4v) is 1.41. The van der Waals surface area contributed by atoms with Crippen LogP contribution in [0.1, 0.15) is 18.9 Å². The fourth-order valence-electron chi connectivity index (χ4n) is 1.20.